The van der Waals surface area contributed by atoms with Crippen molar-refractivity contribution in [2.75, 3.05) is 0 Å². The molecule has 5 saturated carbocycles. The first kappa shape index (κ1) is 16.2. The Balaban J connectivity index is 1.47. The minimum Gasteiger partial charge on any atom is -0.0628 e. The molecule has 5 aliphatic rings. The van der Waals surface area contributed by atoms with Gasteiger partial charge in [-0.15, -0.1) is 0 Å². The Hall–Kier alpha value is 0. The van der Waals surface area contributed by atoms with Crippen molar-refractivity contribution >= 4 is 0 Å². The molecule has 0 atom stereocenters. The molecule has 0 spiro atoms. The summed E-state index contributed by atoms with van der Waals surface area (Å²) in [5.41, 5.74) is 2.39. The molecule has 0 unspecified atom stereocenters. The lowest BCUT2D eigenvalue weighted by Gasteiger charge is -2.61. The Morgan fingerprint density at radius 2 is 1.12 bits per heavy atom. The van der Waals surface area contributed by atoms with E-state index in [1.807, 2.05) is 0 Å². The summed E-state index contributed by atoms with van der Waals surface area (Å²) in [6, 6.07) is 0. The van der Waals surface area contributed by atoms with Crippen molar-refractivity contribution in [3.63, 3.8) is 0 Å². The normalized spacial score (nSPS) is 53.4. The molecule has 0 N–H and O–H groups in total. The van der Waals surface area contributed by atoms with Gasteiger partial charge in [-0.25, -0.2) is 0 Å². The lowest BCUT2D eigenvalue weighted by molar-refractivity contribution is -0.119. The fraction of sp³-hybridized carbons (Fsp3) is 1.00. The van der Waals surface area contributed by atoms with E-state index in [4.69, 9.17) is 0 Å². The second kappa shape index (κ2) is 5.50. The van der Waals surface area contributed by atoms with Gasteiger partial charge in [-0.05, 0) is 136 Å². The molecular weight excluding hydrogens is 288 g/mol. The van der Waals surface area contributed by atoms with E-state index in [2.05, 4.69) is 13.8 Å². The highest BCUT2D eigenvalue weighted by Crippen LogP contribution is 2.77. The van der Waals surface area contributed by atoms with E-state index in [1.54, 1.807) is 89.9 Å². The molecule has 0 saturated heterocycles. The largest absolute Gasteiger partial charge is 0.0628 e. The SMILES string of the molecule is CC(C)CC1CCC(C23CCC(CC2)C3)(C23CCC(CC2)C3)CC1. The van der Waals surface area contributed by atoms with E-state index < -0.39 is 0 Å². The molecule has 4 bridgehead atoms. The minimum atomic E-state index is 0.782. The predicted octanol–water partition coefficient (Wildman–Crippen LogP) is 7.37. The van der Waals surface area contributed by atoms with Crippen molar-refractivity contribution in [2.24, 2.45) is 39.9 Å². The lowest BCUT2D eigenvalue weighted by atomic mass is 9.43. The van der Waals surface area contributed by atoms with Crippen LogP contribution in [0.2, 0.25) is 0 Å². The van der Waals surface area contributed by atoms with Crippen LogP contribution in [0.15, 0.2) is 0 Å². The van der Waals surface area contributed by atoms with Crippen molar-refractivity contribution in [1.29, 1.82) is 0 Å². The standard InChI is InChI=1S/C24H40/c1-18(2)15-19-7-13-24(14-8-19,22-9-3-20(16-22)4-10-22)23-11-5-21(17-23)6-12-23/h18-21H,3-17H2,1-2H3. The minimum absolute atomic E-state index is 0.782. The van der Waals surface area contributed by atoms with Gasteiger partial charge in [0.25, 0.3) is 0 Å². The maximum absolute atomic E-state index is 2.44. The summed E-state index contributed by atoms with van der Waals surface area (Å²) in [7, 11) is 0. The maximum atomic E-state index is 2.44. The molecule has 0 amide bonds. The Labute approximate surface area is 150 Å². The van der Waals surface area contributed by atoms with Gasteiger partial charge in [0.1, 0.15) is 0 Å². The van der Waals surface area contributed by atoms with Gasteiger partial charge in [0, 0.05) is 0 Å². The Bertz CT molecular complexity index is 430. The van der Waals surface area contributed by atoms with E-state index in [1.165, 1.54) is 6.42 Å². The molecular formula is C24H40. The quantitative estimate of drug-likeness (QED) is 0.505. The third-order valence-corrected chi connectivity index (χ3v) is 10.3. The van der Waals surface area contributed by atoms with Crippen LogP contribution < -0.4 is 0 Å². The van der Waals surface area contributed by atoms with Gasteiger partial charge < -0.3 is 0 Å². The lowest BCUT2D eigenvalue weighted by Crippen LogP contribution is -2.52. The summed E-state index contributed by atoms with van der Waals surface area (Å²) in [4.78, 5) is 0. The molecule has 0 heteroatoms. The first-order valence-electron chi connectivity index (χ1n) is 11.6. The Morgan fingerprint density at radius 3 is 1.46 bits per heavy atom. The maximum Gasteiger partial charge on any atom is -0.0184 e. The van der Waals surface area contributed by atoms with E-state index in [0.29, 0.717) is 0 Å². The van der Waals surface area contributed by atoms with Crippen molar-refractivity contribution in [3.8, 4) is 0 Å². The molecule has 0 nitrogen and oxygen atoms in total. The molecule has 5 fully saturated rings. The van der Waals surface area contributed by atoms with E-state index in [9.17, 15) is 0 Å². The van der Waals surface area contributed by atoms with Gasteiger partial charge in [-0.2, -0.15) is 0 Å². The van der Waals surface area contributed by atoms with Crippen molar-refractivity contribution in [2.45, 2.75) is 110 Å². The zero-order chi connectivity index (χ0) is 16.4. The summed E-state index contributed by atoms with van der Waals surface area (Å²) < 4.78 is 0. The highest BCUT2D eigenvalue weighted by Gasteiger charge is 2.67. The van der Waals surface area contributed by atoms with Gasteiger partial charge in [0.15, 0.2) is 0 Å². The fourth-order valence-corrected chi connectivity index (χ4v) is 9.43. The van der Waals surface area contributed by atoms with Crippen LogP contribution in [-0.2, 0) is 0 Å². The van der Waals surface area contributed by atoms with Crippen LogP contribution in [0.1, 0.15) is 110 Å². The van der Waals surface area contributed by atoms with Gasteiger partial charge >= 0.3 is 0 Å². The van der Waals surface area contributed by atoms with Crippen LogP contribution in [0.25, 0.3) is 0 Å². The average Bonchev–Trinajstić information content (AvgIpc) is 3.36. The van der Waals surface area contributed by atoms with E-state index in [0.717, 1.165) is 39.9 Å². The third-order valence-electron chi connectivity index (χ3n) is 10.3. The third kappa shape index (κ3) is 2.10. The van der Waals surface area contributed by atoms with Crippen molar-refractivity contribution in [1.82, 2.24) is 0 Å². The van der Waals surface area contributed by atoms with Crippen molar-refractivity contribution < 1.29 is 0 Å². The first-order valence-corrected chi connectivity index (χ1v) is 11.6. The van der Waals surface area contributed by atoms with Crippen LogP contribution in [0.4, 0.5) is 0 Å². The second-order valence-corrected chi connectivity index (χ2v) is 11.5. The Kier molecular flexibility index (Phi) is 3.71. The zero-order valence-electron chi connectivity index (χ0n) is 16.4. The van der Waals surface area contributed by atoms with Gasteiger partial charge in [0.2, 0.25) is 0 Å². The smallest absolute Gasteiger partial charge is 0.0184 e. The monoisotopic (exact) mass is 328 g/mol. The number of rotatable bonds is 4. The van der Waals surface area contributed by atoms with Crippen LogP contribution in [-0.4, -0.2) is 0 Å². The summed E-state index contributed by atoms with van der Waals surface area (Å²) in [5, 5.41) is 0. The molecule has 5 aliphatic carbocycles. The fourth-order valence-electron chi connectivity index (χ4n) is 9.43. The summed E-state index contributed by atoms with van der Waals surface area (Å²) in [5.74, 6) is 4.22. The zero-order valence-corrected chi connectivity index (χ0v) is 16.4. The van der Waals surface area contributed by atoms with Crippen LogP contribution in [0.3, 0.4) is 0 Å². The molecule has 0 aromatic carbocycles. The highest BCUT2D eigenvalue weighted by atomic mass is 14.7. The molecule has 0 aliphatic heterocycles. The van der Waals surface area contributed by atoms with Crippen LogP contribution >= 0.6 is 0 Å². The predicted molar refractivity (Wildman–Crippen MR) is 102 cm³/mol. The molecule has 0 aromatic heterocycles. The topological polar surface area (TPSA) is 0 Å². The molecule has 136 valence electrons. The van der Waals surface area contributed by atoms with Gasteiger partial charge in [-0.3, -0.25) is 0 Å². The molecule has 0 heterocycles. The first-order chi connectivity index (χ1) is 11.6. The molecule has 5 rings (SSSR count). The summed E-state index contributed by atoms with van der Waals surface area (Å²) in [6.45, 7) is 4.88. The Morgan fingerprint density at radius 1 is 0.667 bits per heavy atom. The molecule has 0 aromatic rings. The van der Waals surface area contributed by atoms with E-state index in [-0.39, 0.29) is 0 Å². The number of hydrogen-bond acceptors (Lipinski definition) is 0. The van der Waals surface area contributed by atoms with Crippen molar-refractivity contribution in [3.05, 3.63) is 0 Å². The van der Waals surface area contributed by atoms with Crippen LogP contribution in [0.5, 0.6) is 0 Å². The van der Waals surface area contributed by atoms with E-state index >= 15 is 0 Å². The summed E-state index contributed by atoms with van der Waals surface area (Å²) in [6.07, 6.45) is 24.1. The molecule has 24 heavy (non-hydrogen) atoms. The summed E-state index contributed by atoms with van der Waals surface area (Å²) >= 11 is 0. The van der Waals surface area contributed by atoms with Gasteiger partial charge in [-0.1, -0.05) is 13.8 Å². The van der Waals surface area contributed by atoms with Gasteiger partial charge in [0.05, 0.1) is 0 Å². The number of fused-ring (bicyclic) bond motifs is 4. The second-order valence-electron chi connectivity index (χ2n) is 11.5. The highest BCUT2D eigenvalue weighted by molar-refractivity contribution is 5.17. The van der Waals surface area contributed by atoms with Crippen LogP contribution in [0, 0.1) is 39.9 Å². The molecule has 0 radical (unpaired) electrons. The number of hydrogen-bond donors (Lipinski definition) is 0. The average molecular weight is 329 g/mol.